The number of nitrogens with zero attached hydrogens (tertiary/aromatic N) is 3. The van der Waals surface area contributed by atoms with Gasteiger partial charge in [0.05, 0.1) is 24.5 Å². The van der Waals surface area contributed by atoms with E-state index in [1.54, 1.807) is 35.3 Å². The Morgan fingerprint density at radius 1 is 1.42 bits per heavy atom. The molecule has 0 aromatic carbocycles. The van der Waals surface area contributed by atoms with E-state index in [-0.39, 0.29) is 6.61 Å². The SMILES string of the molecule is C[C@@H](COCC(F)(F)F)NC(=O)Nc1ccc(-n2cccn2)nc1. The summed E-state index contributed by atoms with van der Waals surface area (Å²) in [6.45, 7) is -0.0577. The standard InChI is InChI=1S/C14H16F3N5O2/c1-10(8-24-9-14(15,16)17)20-13(23)21-11-3-4-12(18-7-11)22-6-2-5-19-22/h2-7,10H,8-9H2,1H3,(H2,20,21,23)/t10-/m0/s1. The van der Waals surface area contributed by atoms with Crippen LogP contribution in [0.25, 0.3) is 5.82 Å². The molecule has 0 saturated carbocycles. The average Bonchev–Trinajstić information content (AvgIpc) is 3.00. The molecule has 2 N–H and O–H groups in total. The molecule has 2 rings (SSSR count). The van der Waals surface area contributed by atoms with Crippen molar-refractivity contribution < 1.29 is 22.7 Å². The molecule has 0 spiro atoms. The minimum absolute atomic E-state index is 0.247. The van der Waals surface area contributed by atoms with Crippen molar-refractivity contribution in [2.75, 3.05) is 18.5 Å². The van der Waals surface area contributed by atoms with Crippen LogP contribution in [-0.2, 0) is 4.74 Å². The monoisotopic (exact) mass is 343 g/mol. The Hall–Kier alpha value is -2.62. The van der Waals surface area contributed by atoms with E-state index in [2.05, 4.69) is 25.5 Å². The third-order valence-corrected chi connectivity index (χ3v) is 2.76. The number of nitrogens with one attached hydrogen (secondary N) is 2. The van der Waals surface area contributed by atoms with E-state index >= 15 is 0 Å². The first-order valence-corrected chi connectivity index (χ1v) is 7.01. The highest BCUT2D eigenvalue weighted by atomic mass is 19.4. The van der Waals surface area contributed by atoms with E-state index in [0.29, 0.717) is 11.5 Å². The molecule has 2 aromatic rings. The number of pyridine rings is 1. The van der Waals surface area contributed by atoms with Gasteiger partial charge in [0.15, 0.2) is 5.82 Å². The number of alkyl halides is 3. The van der Waals surface area contributed by atoms with Crippen LogP contribution in [0.4, 0.5) is 23.7 Å². The Labute approximate surface area is 135 Å². The maximum atomic E-state index is 12.0. The molecule has 0 fully saturated rings. The Morgan fingerprint density at radius 2 is 2.21 bits per heavy atom. The molecule has 130 valence electrons. The molecule has 2 heterocycles. The fourth-order valence-electron chi connectivity index (χ4n) is 1.78. The van der Waals surface area contributed by atoms with Gasteiger partial charge in [-0.05, 0) is 25.1 Å². The summed E-state index contributed by atoms with van der Waals surface area (Å²) in [6.07, 6.45) is 0.402. The van der Waals surface area contributed by atoms with E-state index in [4.69, 9.17) is 0 Å². The Morgan fingerprint density at radius 3 is 2.79 bits per heavy atom. The lowest BCUT2D eigenvalue weighted by molar-refractivity contribution is -0.174. The Balaban J connectivity index is 1.77. The minimum Gasteiger partial charge on any atom is -0.370 e. The number of halogens is 3. The van der Waals surface area contributed by atoms with Crippen molar-refractivity contribution >= 4 is 11.7 Å². The molecule has 2 amide bonds. The molecule has 0 unspecified atom stereocenters. The minimum atomic E-state index is -4.38. The molecule has 2 aromatic heterocycles. The number of carbonyl (C=O) groups excluding carboxylic acids is 1. The maximum absolute atomic E-state index is 12.0. The summed E-state index contributed by atoms with van der Waals surface area (Å²) < 4.78 is 41.9. The van der Waals surface area contributed by atoms with Crippen LogP contribution in [0.15, 0.2) is 36.8 Å². The number of ether oxygens (including phenoxy) is 1. The lowest BCUT2D eigenvalue weighted by Gasteiger charge is -2.15. The van der Waals surface area contributed by atoms with Gasteiger partial charge in [-0.3, -0.25) is 0 Å². The molecule has 10 heteroatoms. The van der Waals surface area contributed by atoms with Crippen LogP contribution >= 0.6 is 0 Å². The van der Waals surface area contributed by atoms with Crippen LogP contribution in [0.3, 0.4) is 0 Å². The normalized spacial score (nSPS) is 12.7. The molecule has 24 heavy (non-hydrogen) atoms. The topological polar surface area (TPSA) is 81.1 Å². The van der Waals surface area contributed by atoms with E-state index in [0.717, 1.165) is 0 Å². The highest BCUT2D eigenvalue weighted by molar-refractivity contribution is 5.89. The van der Waals surface area contributed by atoms with Crippen molar-refractivity contribution in [3.05, 3.63) is 36.8 Å². The van der Waals surface area contributed by atoms with Gasteiger partial charge in [0.1, 0.15) is 6.61 Å². The van der Waals surface area contributed by atoms with Crippen LogP contribution in [0.2, 0.25) is 0 Å². The van der Waals surface area contributed by atoms with Gasteiger partial charge >= 0.3 is 12.2 Å². The maximum Gasteiger partial charge on any atom is 0.411 e. The summed E-state index contributed by atoms with van der Waals surface area (Å²) in [6, 6.07) is 3.91. The van der Waals surface area contributed by atoms with Crippen molar-refractivity contribution in [2.45, 2.75) is 19.1 Å². The zero-order chi connectivity index (χ0) is 17.6. The molecule has 0 aliphatic heterocycles. The summed E-state index contributed by atoms with van der Waals surface area (Å²) in [7, 11) is 0. The molecular formula is C14H16F3N5O2. The number of amides is 2. The fourth-order valence-corrected chi connectivity index (χ4v) is 1.78. The second-order valence-corrected chi connectivity index (χ2v) is 4.99. The second-order valence-electron chi connectivity index (χ2n) is 4.99. The highest BCUT2D eigenvalue weighted by Gasteiger charge is 2.27. The van der Waals surface area contributed by atoms with Crippen LogP contribution < -0.4 is 10.6 Å². The van der Waals surface area contributed by atoms with Gasteiger partial charge in [-0.1, -0.05) is 0 Å². The molecule has 0 bridgehead atoms. The van der Waals surface area contributed by atoms with Gasteiger partial charge in [-0.2, -0.15) is 18.3 Å². The Kier molecular flexibility index (Phi) is 5.74. The molecular weight excluding hydrogens is 327 g/mol. The molecule has 7 nitrogen and oxygen atoms in total. The van der Waals surface area contributed by atoms with Crippen molar-refractivity contribution in [3.8, 4) is 5.82 Å². The fraction of sp³-hybridized carbons (Fsp3) is 0.357. The lowest BCUT2D eigenvalue weighted by Crippen LogP contribution is -2.39. The number of hydrogen-bond donors (Lipinski definition) is 2. The third kappa shape index (κ3) is 5.88. The van der Waals surface area contributed by atoms with Crippen molar-refractivity contribution in [1.82, 2.24) is 20.1 Å². The first kappa shape index (κ1) is 17.7. The van der Waals surface area contributed by atoms with E-state index in [1.807, 2.05) is 0 Å². The van der Waals surface area contributed by atoms with Crippen LogP contribution in [0.5, 0.6) is 0 Å². The predicted octanol–water partition coefficient (Wildman–Crippen LogP) is 2.36. The van der Waals surface area contributed by atoms with Crippen LogP contribution in [0.1, 0.15) is 6.92 Å². The summed E-state index contributed by atoms with van der Waals surface area (Å²) in [5.74, 6) is 0.583. The van der Waals surface area contributed by atoms with E-state index in [9.17, 15) is 18.0 Å². The smallest absolute Gasteiger partial charge is 0.370 e. The van der Waals surface area contributed by atoms with Gasteiger partial charge in [-0.15, -0.1) is 0 Å². The molecule has 1 atom stereocenters. The molecule has 0 aliphatic carbocycles. The van der Waals surface area contributed by atoms with Crippen LogP contribution in [0, 0.1) is 0 Å². The van der Waals surface area contributed by atoms with Gasteiger partial charge < -0.3 is 15.4 Å². The molecule has 0 aliphatic rings. The zero-order valence-electron chi connectivity index (χ0n) is 12.7. The lowest BCUT2D eigenvalue weighted by atomic mass is 10.3. The van der Waals surface area contributed by atoms with Gasteiger partial charge in [0, 0.05) is 12.4 Å². The summed E-state index contributed by atoms with van der Waals surface area (Å²) in [5, 5.41) is 9.02. The van der Waals surface area contributed by atoms with Crippen molar-refractivity contribution in [1.29, 1.82) is 0 Å². The average molecular weight is 343 g/mol. The number of rotatable bonds is 6. The van der Waals surface area contributed by atoms with Gasteiger partial charge in [0.25, 0.3) is 0 Å². The number of anilines is 1. The third-order valence-electron chi connectivity index (χ3n) is 2.76. The Bertz CT molecular complexity index is 643. The first-order chi connectivity index (χ1) is 11.3. The van der Waals surface area contributed by atoms with Crippen molar-refractivity contribution in [2.24, 2.45) is 0 Å². The summed E-state index contributed by atoms with van der Waals surface area (Å²) in [4.78, 5) is 15.9. The predicted molar refractivity (Wildman–Crippen MR) is 79.8 cm³/mol. The largest absolute Gasteiger partial charge is 0.411 e. The molecule has 0 saturated heterocycles. The van der Waals surface area contributed by atoms with Crippen LogP contribution in [-0.4, -0.2) is 46.2 Å². The number of urea groups is 1. The van der Waals surface area contributed by atoms with E-state index < -0.39 is 24.9 Å². The highest BCUT2D eigenvalue weighted by Crippen LogP contribution is 2.14. The van der Waals surface area contributed by atoms with Gasteiger partial charge in [-0.25, -0.2) is 14.5 Å². The first-order valence-electron chi connectivity index (χ1n) is 7.01. The number of aromatic nitrogens is 3. The molecule has 0 radical (unpaired) electrons. The van der Waals surface area contributed by atoms with E-state index in [1.165, 1.54) is 13.1 Å². The zero-order valence-corrected chi connectivity index (χ0v) is 12.7. The number of hydrogen-bond acceptors (Lipinski definition) is 4. The quantitative estimate of drug-likeness (QED) is 0.844. The summed E-state index contributed by atoms with van der Waals surface area (Å²) >= 11 is 0. The van der Waals surface area contributed by atoms with Crippen molar-refractivity contribution in [3.63, 3.8) is 0 Å². The summed E-state index contributed by atoms with van der Waals surface area (Å²) in [5.41, 5.74) is 0.437. The second kappa shape index (κ2) is 7.77. The number of carbonyl (C=O) groups is 1. The van der Waals surface area contributed by atoms with Gasteiger partial charge in [0.2, 0.25) is 0 Å².